The molecule has 0 heterocycles. The maximum Gasteiger partial charge on any atom is 0.156 e. The molecule has 2 N–H and O–H groups in total. The molecule has 10 heavy (non-hydrogen) atoms. The Morgan fingerprint density at radius 1 is 1.60 bits per heavy atom. The highest BCUT2D eigenvalue weighted by atomic mass is 16.1. The highest BCUT2D eigenvalue weighted by Gasteiger charge is 2.04. The number of aliphatic imine (C=N–C) groups is 1. The molecule has 0 spiro atoms. The number of carbonyl (C=O) groups is 1. The number of carbonyl (C=O) groups excluding carboxylic acids is 1. The lowest BCUT2D eigenvalue weighted by atomic mass is 10.1. The standard InChI is InChI=1S/C7H14N2O/c1-5(2)7(10)4-9-6(3)8/h5H,4H2,1-3H3,(H2,8,9). The first-order valence-corrected chi connectivity index (χ1v) is 3.33. The monoisotopic (exact) mass is 142 g/mol. The van der Waals surface area contributed by atoms with Crippen molar-refractivity contribution in [1.29, 1.82) is 0 Å². The van der Waals surface area contributed by atoms with E-state index in [1.54, 1.807) is 6.92 Å². The van der Waals surface area contributed by atoms with Crippen LogP contribution in [0.1, 0.15) is 20.8 Å². The van der Waals surface area contributed by atoms with Crippen LogP contribution in [-0.2, 0) is 4.79 Å². The van der Waals surface area contributed by atoms with Crippen LogP contribution in [0.4, 0.5) is 0 Å². The van der Waals surface area contributed by atoms with Crippen molar-refractivity contribution in [1.82, 2.24) is 0 Å². The van der Waals surface area contributed by atoms with Crippen LogP contribution >= 0.6 is 0 Å². The van der Waals surface area contributed by atoms with E-state index in [9.17, 15) is 4.79 Å². The van der Waals surface area contributed by atoms with E-state index in [-0.39, 0.29) is 18.2 Å². The normalized spacial score (nSPS) is 12.2. The van der Waals surface area contributed by atoms with E-state index in [4.69, 9.17) is 5.73 Å². The second-order valence-electron chi connectivity index (χ2n) is 2.58. The third kappa shape index (κ3) is 4.06. The zero-order chi connectivity index (χ0) is 8.15. The quantitative estimate of drug-likeness (QED) is 0.463. The minimum Gasteiger partial charge on any atom is -0.388 e. The van der Waals surface area contributed by atoms with Gasteiger partial charge in [-0.2, -0.15) is 0 Å². The van der Waals surface area contributed by atoms with Gasteiger partial charge in [-0.15, -0.1) is 0 Å². The fraction of sp³-hybridized carbons (Fsp3) is 0.714. The number of hydrogen-bond acceptors (Lipinski definition) is 2. The third-order valence-electron chi connectivity index (χ3n) is 1.13. The van der Waals surface area contributed by atoms with E-state index in [1.165, 1.54) is 0 Å². The second-order valence-corrected chi connectivity index (χ2v) is 2.58. The molecule has 58 valence electrons. The molecule has 0 saturated carbocycles. The van der Waals surface area contributed by atoms with Crippen LogP contribution in [0.5, 0.6) is 0 Å². The van der Waals surface area contributed by atoms with Crippen LogP contribution in [-0.4, -0.2) is 18.2 Å². The van der Waals surface area contributed by atoms with Gasteiger partial charge in [-0.1, -0.05) is 13.8 Å². The van der Waals surface area contributed by atoms with Crippen molar-refractivity contribution >= 4 is 11.6 Å². The maximum atomic E-state index is 10.9. The third-order valence-corrected chi connectivity index (χ3v) is 1.13. The lowest BCUT2D eigenvalue weighted by Gasteiger charge is -1.98. The number of nitrogens with zero attached hydrogens (tertiary/aromatic N) is 1. The zero-order valence-corrected chi connectivity index (χ0v) is 6.72. The first-order valence-electron chi connectivity index (χ1n) is 3.33. The molecule has 0 aliphatic carbocycles. The molecule has 0 aliphatic rings. The SMILES string of the molecule is CC(N)=NCC(=O)C(C)C. The molecule has 0 amide bonds. The van der Waals surface area contributed by atoms with Crippen molar-refractivity contribution in [2.24, 2.45) is 16.6 Å². The summed E-state index contributed by atoms with van der Waals surface area (Å²) in [5, 5.41) is 0. The minimum absolute atomic E-state index is 0.0584. The average molecular weight is 142 g/mol. The van der Waals surface area contributed by atoms with Crippen molar-refractivity contribution in [3.8, 4) is 0 Å². The van der Waals surface area contributed by atoms with Gasteiger partial charge in [0.2, 0.25) is 0 Å². The van der Waals surface area contributed by atoms with Gasteiger partial charge < -0.3 is 5.73 Å². The molecule has 3 nitrogen and oxygen atoms in total. The Kier molecular flexibility index (Phi) is 3.69. The number of amidine groups is 1. The van der Waals surface area contributed by atoms with E-state index >= 15 is 0 Å². The number of ketones is 1. The van der Waals surface area contributed by atoms with Gasteiger partial charge in [0.15, 0.2) is 5.78 Å². The van der Waals surface area contributed by atoms with Gasteiger partial charge in [0, 0.05) is 5.92 Å². The van der Waals surface area contributed by atoms with Crippen LogP contribution in [0.2, 0.25) is 0 Å². The van der Waals surface area contributed by atoms with Gasteiger partial charge in [0.1, 0.15) is 0 Å². The summed E-state index contributed by atoms with van der Waals surface area (Å²) in [5.74, 6) is 0.655. The van der Waals surface area contributed by atoms with Crippen molar-refractivity contribution in [3.63, 3.8) is 0 Å². The largest absolute Gasteiger partial charge is 0.388 e. The highest BCUT2D eigenvalue weighted by Crippen LogP contribution is 1.93. The van der Waals surface area contributed by atoms with E-state index in [2.05, 4.69) is 4.99 Å². The van der Waals surface area contributed by atoms with Crippen LogP contribution in [0, 0.1) is 5.92 Å². The highest BCUT2D eigenvalue weighted by molar-refractivity contribution is 5.86. The molecule has 0 aliphatic heterocycles. The summed E-state index contributed by atoms with van der Waals surface area (Å²) in [4.78, 5) is 14.7. The number of hydrogen-bond donors (Lipinski definition) is 1. The van der Waals surface area contributed by atoms with Gasteiger partial charge >= 0.3 is 0 Å². The summed E-state index contributed by atoms with van der Waals surface area (Å²) in [6.45, 7) is 5.60. The smallest absolute Gasteiger partial charge is 0.156 e. The van der Waals surface area contributed by atoms with E-state index in [0.717, 1.165) is 0 Å². The van der Waals surface area contributed by atoms with Crippen LogP contribution in [0.15, 0.2) is 4.99 Å². The summed E-state index contributed by atoms with van der Waals surface area (Å²) >= 11 is 0. The van der Waals surface area contributed by atoms with E-state index < -0.39 is 0 Å². The van der Waals surface area contributed by atoms with Gasteiger partial charge in [-0.3, -0.25) is 9.79 Å². The predicted molar refractivity (Wildman–Crippen MR) is 42.0 cm³/mol. The van der Waals surface area contributed by atoms with Gasteiger partial charge in [-0.25, -0.2) is 0 Å². The average Bonchev–Trinajstić information content (AvgIpc) is 1.82. The Labute approximate surface area is 61.3 Å². The molecule has 0 fully saturated rings. The van der Waals surface area contributed by atoms with E-state index in [1.807, 2.05) is 13.8 Å². The zero-order valence-electron chi connectivity index (χ0n) is 6.72. The Morgan fingerprint density at radius 3 is 2.40 bits per heavy atom. The summed E-state index contributed by atoms with van der Waals surface area (Å²) in [5.41, 5.74) is 5.24. The van der Waals surface area contributed by atoms with Crippen LogP contribution < -0.4 is 5.73 Å². The van der Waals surface area contributed by atoms with Crippen LogP contribution in [0.25, 0.3) is 0 Å². The maximum absolute atomic E-state index is 10.9. The molecular formula is C7H14N2O. The van der Waals surface area contributed by atoms with Gasteiger partial charge in [-0.05, 0) is 6.92 Å². The lowest BCUT2D eigenvalue weighted by molar-refractivity contribution is -0.120. The van der Waals surface area contributed by atoms with Crippen LogP contribution in [0.3, 0.4) is 0 Å². The fourth-order valence-electron chi connectivity index (χ4n) is 0.385. The summed E-state index contributed by atoms with van der Waals surface area (Å²) < 4.78 is 0. The summed E-state index contributed by atoms with van der Waals surface area (Å²) in [7, 11) is 0. The minimum atomic E-state index is 0.0584. The Hall–Kier alpha value is -0.860. The molecule has 0 atom stereocenters. The Morgan fingerprint density at radius 2 is 2.10 bits per heavy atom. The molecule has 0 aromatic heterocycles. The van der Waals surface area contributed by atoms with Crippen molar-refractivity contribution in [2.75, 3.05) is 6.54 Å². The Balaban J connectivity index is 3.71. The first kappa shape index (κ1) is 9.14. The molecule has 0 saturated heterocycles. The number of rotatable bonds is 3. The molecule has 3 heteroatoms. The van der Waals surface area contributed by atoms with Crippen molar-refractivity contribution in [3.05, 3.63) is 0 Å². The first-order chi connectivity index (χ1) is 4.54. The molecule has 0 unspecified atom stereocenters. The molecule has 0 rings (SSSR count). The topological polar surface area (TPSA) is 55.4 Å². The number of Topliss-reactive ketones (excluding diaryl/α,β-unsaturated/α-hetero) is 1. The molecule has 0 bridgehead atoms. The Bertz CT molecular complexity index is 146. The van der Waals surface area contributed by atoms with Gasteiger partial charge in [0.25, 0.3) is 0 Å². The second kappa shape index (κ2) is 4.04. The number of nitrogens with two attached hydrogens (primary N) is 1. The summed E-state index contributed by atoms with van der Waals surface area (Å²) in [6, 6.07) is 0. The summed E-state index contributed by atoms with van der Waals surface area (Å²) in [6.07, 6.45) is 0. The predicted octanol–water partition coefficient (Wildman–Crippen LogP) is 0.589. The fourth-order valence-corrected chi connectivity index (χ4v) is 0.385. The van der Waals surface area contributed by atoms with E-state index in [0.29, 0.717) is 5.84 Å². The molecule has 0 aromatic rings. The van der Waals surface area contributed by atoms with Crippen molar-refractivity contribution < 1.29 is 4.79 Å². The van der Waals surface area contributed by atoms with Crippen molar-refractivity contribution in [2.45, 2.75) is 20.8 Å². The molecule has 0 aromatic carbocycles. The van der Waals surface area contributed by atoms with Gasteiger partial charge in [0.05, 0.1) is 12.4 Å². The molecule has 0 radical (unpaired) electrons. The molecular weight excluding hydrogens is 128 g/mol. The lowest BCUT2D eigenvalue weighted by Crippen LogP contribution is -2.14.